The molecule has 1 aromatic rings. The highest BCUT2D eigenvalue weighted by molar-refractivity contribution is 5.33. The first-order chi connectivity index (χ1) is 8.33. The van der Waals surface area contributed by atoms with Gasteiger partial charge in [-0.05, 0) is 23.2 Å². The van der Waals surface area contributed by atoms with Gasteiger partial charge in [0.15, 0.2) is 0 Å². The topological polar surface area (TPSA) is 48.8 Å². The van der Waals surface area contributed by atoms with Crippen molar-refractivity contribution in [1.29, 1.82) is 0 Å². The van der Waals surface area contributed by atoms with Crippen LogP contribution in [-0.2, 0) is 11.6 Å². The molecule has 0 saturated heterocycles. The van der Waals surface area contributed by atoms with Crippen molar-refractivity contribution in [2.75, 3.05) is 6.54 Å². The third-order valence-corrected chi connectivity index (χ3v) is 2.78. The molecular formula is C12H12F3N3. The zero-order chi connectivity index (χ0) is 13.8. The van der Waals surface area contributed by atoms with E-state index < -0.39 is 17.2 Å². The van der Waals surface area contributed by atoms with Crippen molar-refractivity contribution in [2.45, 2.75) is 18.5 Å². The lowest BCUT2D eigenvalue weighted by molar-refractivity contribution is -0.137. The maximum atomic E-state index is 12.4. The summed E-state index contributed by atoms with van der Waals surface area (Å²) >= 11 is 0. The second-order valence-corrected chi connectivity index (χ2v) is 4.09. The van der Waals surface area contributed by atoms with Gasteiger partial charge in [-0.1, -0.05) is 30.2 Å². The quantitative estimate of drug-likeness (QED) is 0.330. The molecule has 3 nitrogen and oxygen atoms in total. The number of benzene rings is 1. The van der Waals surface area contributed by atoms with Crippen molar-refractivity contribution >= 4 is 0 Å². The molecule has 0 aromatic heterocycles. The van der Waals surface area contributed by atoms with E-state index in [9.17, 15) is 13.2 Å². The van der Waals surface area contributed by atoms with Crippen LogP contribution in [0.2, 0.25) is 0 Å². The van der Waals surface area contributed by atoms with Crippen LogP contribution in [-0.4, -0.2) is 6.54 Å². The minimum Gasteiger partial charge on any atom is -0.166 e. The highest BCUT2D eigenvalue weighted by atomic mass is 19.4. The molecule has 0 aliphatic heterocycles. The van der Waals surface area contributed by atoms with E-state index in [0.717, 1.165) is 12.1 Å². The lowest BCUT2D eigenvalue weighted by Gasteiger charge is -2.24. The molecule has 0 aliphatic rings. The zero-order valence-corrected chi connectivity index (χ0v) is 9.78. The molecule has 0 amide bonds. The lowest BCUT2D eigenvalue weighted by Crippen LogP contribution is -2.22. The van der Waals surface area contributed by atoms with Crippen molar-refractivity contribution in [3.8, 4) is 0 Å². The van der Waals surface area contributed by atoms with E-state index in [-0.39, 0.29) is 6.54 Å². The average molecular weight is 255 g/mol. The van der Waals surface area contributed by atoms with Crippen LogP contribution in [0, 0.1) is 0 Å². The summed E-state index contributed by atoms with van der Waals surface area (Å²) in [6.45, 7) is 5.48. The Kier molecular flexibility index (Phi) is 4.03. The van der Waals surface area contributed by atoms with E-state index >= 15 is 0 Å². The SMILES string of the molecule is C=C[C@](C)(CN=[N+]=[N-])c1ccc(C(F)(F)F)cc1. The Bertz CT molecular complexity index is 472. The summed E-state index contributed by atoms with van der Waals surface area (Å²) in [6, 6.07) is 4.76. The Morgan fingerprint density at radius 2 is 1.78 bits per heavy atom. The van der Waals surface area contributed by atoms with Crippen molar-refractivity contribution in [1.82, 2.24) is 0 Å². The predicted octanol–water partition coefficient (Wildman–Crippen LogP) is 4.46. The number of alkyl halides is 3. The third-order valence-electron chi connectivity index (χ3n) is 2.78. The Labute approximate surface area is 103 Å². The van der Waals surface area contributed by atoms with Gasteiger partial charge in [0.05, 0.1) is 5.56 Å². The third kappa shape index (κ3) is 3.05. The summed E-state index contributed by atoms with van der Waals surface area (Å²) in [4.78, 5) is 2.65. The number of rotatable bonds is 4. The zero-order valence-electron chi connectivity index (χ0n) is 9.78. The fourth-order valence-electron chi connectivity index (χ4n) is 1.49. The molecule has 0 radical (unpaired) electrons. The molecule has 0 fully saturated rings. The number of nitrogens with zero attached hydrogens (tertiary/aromatic N) is 3. The van der Waals surface area contributed by atoms with Gasteiger partial charge in [0, 0.05) is 16.9 Å². The van der Waals surface area contributed by atoms with Crippen LogP contribution in [0.3, 0.4) is 0 Å². The molecule has 1 atom stereocenters. The van der Waals surface area contributed by atoms with Crippen molar-refractivity contribution in [3.63, 3.8) is 0 Å². The molecule has 0 saturated carbocycles. The van der Waals surface area contributed by atoms with Crippen LogP contribution in [0.1, 0.15) is 18.1 Å². The smallest absolute Gasteiger partial charge is 0.166 e. The van der Waals surface area contributed by atoms with Crippen LogP contribution in [0.5, 0.6) is 0 Å². The van der Waals surface area contributed by atoms with Crippen LogP contribution in [0.25, 0.3) is 10.4 Å². The maximum Gasteiger partial charge on any atom is 0.416 e. The van der Waals surface area contributed by atoms with E-state index in [4.69, 9.17) is 5.53 Å². The molecule has 0 unspecified atom stereocenters. The molecule has 1 rings (SSSR count). The number of hydrogen-bond acceptors (Lipinski definition) is 1. The second kappa shape index (κ2) is 5.14. The Morgan fingerprint density at radius 3 is 2.17 bits per heavy atom. The summed E-state index contributed by atoms with van der Waals surface area (Å²) in [6.07, 6.45) is -2.79. The second-order valence-electron chi connectivity index (χ2n) is 4.09. The molecule has 96 valence electrons. The number of hydrogen-bond donors (Lipinski definition) is 0. The minimum atomic E-state index is -4.35. The first kappa shape index (κ1) is 14.1. The molecule has 0 heterocycles. The van der Waals surface area contributed by atoms with Crippen molar-refractivity contribution in [3.05, 3.63) is 58.5 Å². The van der Waals surface area contributed by atoms with E-state index in [1.165, 1.54) is 12.1 Å². The van der Waals surface area contributed by atoms with Gasteiger partial charge in [-0.25, -0.2) is 0 Å². The van der Waals surface area contributed by atoms with Gasteiger partial charge < -0.3 is 0 Å². The number of halogens is 3. The van der Waals surface area contributed by atoms with Crippen molar-refractivity contribution < 1.29 is 13.2 Å². The summed E-state index contributed by atoms with van der Waals surface area (Å²) in [5, 5.41) is 3.45. The molecule has 0 spiro atoms. The van der Waals surface area contributed by atoms with E-state index in [0.29, 0.717) is 5.56 Å². The molecule has 0 bridgehead atoms. The first-order valence-corrected chi connectivity index (χ1v) is 5.16. The van der Waals surface area contributed by atoms with Gasteiger partial charge in [-0.15, -0.1) is 6.58 Å². The van der Waals surface area contributed by atoms with Gasteiger partial charge in [0.25, 0.3) is 0 Å². The van der Waals surface area contributed by atoms with Gasteiger partial charge in [0.2, 0.25) is 0 Å². The highest BCUT2D eigenvalue weighted by Crippen LogP contribution is 2.32. The van der Waals surface area contributed by atoms with E-state index in [1.807, 2.05) is 0 Å². The van der Waals surface area contributed by atoms with Crippen LogP contribution in [0.4, 0.5) is 13.2 Å². The monoisotopic (exact) mass is 255 g/mol. The fourth-order valence-corrected chi connectivity index (χ4v) is 1.49. The van der Waals surface area contributed by atoms with Crippen LogP contribution < -0.4 is 0 Å². The first-order valence-electron chi connectivity index (χ1n) is 5.16. The standard InChI is InChI=1S/C12H12F3N3/c1-3-11(2,8-17-18-16)9-4-6-10(7-5-9)12(13,14)15/h3-7H,1,8H2,2H3/t11-/m1/s1. The molecule has 0 aliphatic carbocycles. The van der Waals surface area contributed by atoms with E-state index in [2.05, 4.69) is 16.6 Å². The highest BCUT2D eigenvalue weighted by Gasteiger charge is 2.31. The average Bonchev–Trinajstić information content (AvgIpc) is 2.35. The summed E-state index contributed by atoms with van der Waals surface area (Å²) in [5.41, 5.74) is 7.54. The normalized spacial score (nSPS) is 14.4. The van der Waals surface area contributed by atoms with Gasteiger partial charge in [0.1, 0.15) is 0 Å². The summed E-state index contributed by atoms with van der Waals surface area (Å²) < 4.78 is 37.2. The molecule has 0 N–H and O–H groups in total. The maximum absolute atomic E-state index is 12.4. The fraction of sp³-hybridized carbons (Fsp3) is 0.333. The van der Waals surface area contributed by atoms with Gasteiger partial charge in [-0.2, -0.15) is 13.2 Å². The van der Waals surface area contributed by atoms with Crippen molar-refractivity contribution in [2.24, 2.45) is 5.11 Å². The Hall–Kier alpha value is -1.94. The van der Waals surface area contributed by atoms with Crippen LogP contribution in [0.15, 0.2) is 42.0 Å². The minimum absolute atomic E-state index is 0.109. The largest absolute Gasteiger partial charge is 0.416 e. The van der Waals surface area contributed by atoms with Gasteiger partial charge >= 0.3 is 6.18 Å². The molecule has 6 heteroatoms. The Morgan fingerprint density at radius 1 is 1.28 bits per heavy atom. The summed E-state index contributed by atoms with van der Waals surface area (Å²) in [7, 11) is 0. The lowest BCUT2D eigenvalue weighted by atomic mass is 9.82. The van der Waals surface area contributed by atoms with E-state index in [1.54, 1.807) is 13.0 Å². The van der Waals surface area contributed by atoms with Gasteiger partial charge in [-0.3, -0.25) is 0 Å². The summed E-state index contributed by atoms with van der Waals surface area (Å²) in [5.74, 6) is 0. The van der Waals surface area contributed by atoms with Crippen LogP contribution >= 0.6 is 0 Å². The molecular weight excluding hydrogens is 243 g/mol. The predicted molar refractivity (Wildman–Crippen MR) is 63.0 cm³/mol. The molecule has 18 heavy (non-hydrogen) atoms. The molecule has 1 aromatic carbocycles. The number of azide groups is 1. The Balaban J connectivity index is 3.09.